The number of fused-ring (bicyclic) bond motifs is 10. The molecule has 2 aromatic carbocycles. The van der Waals surface area contributed by atoms with Crippen LogP contribution in [0.2, 0.25) is 5.02 Å². The Morgan fingerprint density at radius 1 is 0.958 bits per heavy atom. The highest BCUT2D eigenvalue weighted by Gasteiger charge is 2.29. The van der Waals surface area contributed by atoms with E-state index in [-0.39, 0.29) is 0 Å². The van der Waals surface area contributed by atoms with Crippen LogP contribution < -0.4 is 15.4 Å². The van der Waals surface area contributed by atoms with E-state index in [0.717, 1.165) is 114 Å². The summed E-state index contributed by atoms with van der Waals surface area (Å²) in [5, 5.41) is 29.2. The predicted molar refractivity (Wildman–Crippen MR) is 187 cm³/mol. The molecule has 0 fully saturated rings. The van der Waals surface area contributed by atoms with Gasteiger partial charge in [-0.1, -0.05) is 23.7 Å². The van der Waals surface area contributed by atoms with Gasteiger partial charge in [0.1, 0.15) is 11.4 Å². The van der Waals surface area contributed by atoms with Gasteiger partial charge in [-0.05, 0) is 92.7 Å². The summed E-state index contributed by atoms with van der Waals surface area (Å²) in [6.45, 7) is 3.41. The molecule has 8 rings (SSSR count). The molecule has 3 aromatic heterocycles. The van der Waals surface area contributed by atoms with Crippen LogP contribution in [-0.4, -0.2) is 48.4 Å². The second-order valence-electron chi connectivity index (χ2n) is 13.4. The lowest BCUT2D eigenvalue weighted by Crippen LogP contribution is -2.15. The van der Waals surface area contributed by atoms with Gasteiger partial charge in [0.05, 0.1) is 34.2 Å². The Morgan fingerprint density at radius 2 is 1.85 bits per heavy atom. The number of hydrogen-bond acceptors (Lipinski definition) is 6. The summed E-state index contributed by atoms with van der Waals surface area (Å²) in [4.78, 5) is 12.8. The third-order valence-electron chi connectivity index (χ3n) is 10.3. The van der Waals surface area contributed by atoms with Gasteiger partial charge in [-0.2, -0.15) is 10.2 Å². The Hall–Kier alpha value is -4.28. The first-order valence-corrected chi connectivity index (χ1v) is 17.6. The molecule has 3 aliphatic heterocycles. The molecule has 3 aliphatic rings. The number of halogens is 1. The zero-order valence-corrected chi connectivity index (χ0v) is 28.4. The summed E-state index contributed by atoms with van der Waals surface area (Å²) in [7, 11) is 3.87. The van der Waals surface area contributed by atoms with Crippen molar-refractivity contribution < 1.29 is 14.6 Å². The maximum absolute atomic E-state index is 12.8. The van der Waals surface area contributed by atoms with Crippen molar-refractivity contribution in [1.29, 1.82) is 0 Å². The maximum Gasteiger partial charge on any atom is 0.352 e. The van der Waals surface area contributed by atoms with Gasteiger partial charge >= 0.3 is 5.97 Å². The van der Waals surface area contributed by atoms with E-state index in [4.69, 9.17) is 26.5 Å². The summed E-state index contributed by atoms with van der Waals surface area (Å²) in [5.74, 6) is -0.0623. The number of ether oxygens (including phenoxy) is 1. The van der Waals surface area contributed by atoms with Gasteiger partial charge in [0, 0.05) is 68.2 Å². The van der Waals surface area contributed by atoms with Crippen LogP contribution >= 0.6 is 11.6 Å². The Kier molecular flexibility index (Phi) is 8.16. The molecule has 0 amide bonds. The minimum atomic E-state index is -0.944. The minimum Gasteiger partial charge on any atom is -0.491 e. The Bertz CT molecular complexity index is 2060. The molecule has 5 aromatic rings. The molecule has 10 nitrogen and oxygen atoms in total. The number of anilines is 1. The third kappa shape index (κ3) is 5.44. The van der Waals surface area contributed by atoms with Crippen molar-refractivity contribution in [3.8, 4) is 16.9 Å². The first-order valence-electron chi connectivity index (χ1n) is 17.2. The highest BCUT2D eigenvalue weighted by Crippen LogP contribution is 2.43. The zero-order valence-electron chi connectivity index (χ0n) is 27.7. The van der Waals surface area contributed by atoms with E-state index in [1.165, 1.54) is 16.8 Å². The molecule has 0 saturated carbocycles. The highest BCUT2D eigenvalue weighted by atomic mass is 35.5. The first-order chi connectivity index (χ1) is 23.4. The fourth-order valence-electron chi connectivity index (χ4n) is 8.11. The third-order valence-corrected chi connectivity index (χ3v) is 10.6. The summed E-state index contributed by atoms with van der Waals surface area (Å²) in [6.07, 6.45) is 8.19. The molecule has 0 spiro atoms. The van der Waals surface area contributed by atoms with E-state index < -0.39 is 5.97 Å². The standard InChI is InChI=1S/C37H42ClN7O3/c1-43-35-27-12-13-28(38)32(35)33-29(42-45-15-4-3-9-30(33)45)21-39-20-24-19-25(44(2)41-24)11-10-22-17-23-7-5-14-40-34(23)31(18-22)48-16-6-8-26(27)36(43)37(46)47/h12-13,17-19,39-40H,3-11,14-16,20-21H2,1-2H3,(H,46,47). The lowest BCUT2D eigenvalue weighted by Gasteiger charge is -2.23. The topological polar surface area (TPSA) is 111 Å². The molecule has 11 heteroatoms. The van der Waals surface area contributed by atoms with Crippen LogP contribution in [0.1, 0.15) is 75.6 Å². The van der Waals surface area contributed by atoms with E-state index in [0.29, 0.717) is 43.3 Å². The van der Waals surface area contributed by atoms with E-state index in [2.05, 4.69) is 33.5 Å². The van der Waals surface area contributed by atoms with Crippen molar-refractivity contribution in [2.24, 2.45) is 14.1 Å². The predicted octanol–water partition coefficient (Wildman–Crippen LogP) is 6.22. The van der Waals surface area contributed by atoms with Crippen molar-refractivity contribution >= 4 is 34.2 Å². The van der Waals surface area contributed by atoms with E-state index in [1.54, 1.807) is 0 Å². The molecule has 0 unspecified atom stereocenters. The monoisotopic (exact) mass is 667 g/mol. The second kappa shape index (κ2) is 12.6. The molecule has 0 aliphatic carbocycles. The van der Waals surface area contributed by atoms with E-state index in [9.17, 15) is 9.90 Å². The molecular weight excluding hydrogens is 626 g/mol. The molecular formula is C37H42ClN7O3. The average molecular weight is 668 g/mol. The van der Waals surface area contributed by atoms with Gasteiger partial charge in [0.2, 0.25) is 0 Å². The first kappa shape index (κ1) is 31.0. The highest BCUT2D eigenvalue weighted by molar-refractivity contribution is 6.35. The molecule has 48 heavy (non-hydrogen) atoms. The maximum atomic E-state index is 12.8. The summed E-state index contributed by atoms with van der Waals surface area (Å²) >= 11 is 7.09. The average Bonchev–Trinajstić information content (AvgIpc) is 3.72. The SMILES string of the molecule is Cn1nc2cc1CCc1cc3c(c(c1)OCCCc1c(C(=O)O)n(C)c4c(c(Cl)ccc14)-c1c(nn4c1CCCC4)CNC2)NCCC3. The van der Waals surface area contributed by atoms with Gasteiger partial charge in [0.15, 0.2) is 0 Å². The number of hydrogen-bond donors (Lipinski definition) is 3. The normalized spacial score (nSPS) is 16.7. The fraction of sp³-hybridized carbons (Fsp3) is 0.432. The number of aromatic carboxylic acids is 1. The van der Waals surface area contributed by atoms with Crippen LogP contribution in [0.5, 0.6) is 5.75 Å². The van der Waals surface area contributed by atoms with Crippen LogP contribution in [0.25, 0.3) is 22.0 Å². The van der Waals surface area contributed by atoms with E-state index in [1.807, 2.05) is 35.5 Å². The number of carboxylic acids is 1. The smallest absolute Gasteiger partial charge is 0.352 e. The molecule has 3 N–H and O–H groups in total. The van der Waals surface area contributed by atoms with Crippen molar-refractivity contribution in [2.45, 2.75) is 77.4 Å². The molecule has 6 heterocycles. The fourth-order valence-corrected chi connectivity index (χ4v) is 8.36. The molecule has 8 bridgehead atoms. The Labute approximate surface area is 285 Å². The van der Waals surface area contributed by atoms with Gasteiger partial charge < -0.3 is 25.0 Å². The quantitative estimate of drug-likeness (QED) is 0.195. The van der Waals surface area contributed by atoms with E-state index >= 15 is 0 Å². The minimum absolute atomic E-state index is 0.295. The molecule has 0 radical (unpaired) electrons. The van der Waals surface area contributed by atoms with Crippen molar-refractivity contribution in [2.75, 3.05) is 18.5 Å². The number of carbonyl (C=O) groups is 1. The number of benzene rings is 2. The van der Waals surface area contributed by atoms with Crippen LogP contribution in [-0.2, 0) is 65.8 Å². The van der Waals surface area contributed by atoms with Crippen molar-refractivity contribution in [3.05, 3.63) is 80.5 Å². The lowest BCUT2D eigenvalue weighted by molar-refractivity contribution is 0.0685. The van der Waals surface area contributed by atoms with Crippen molar-refractivity contribution in [3.63, 3.8) is 0 Å². The van der Waals surface area contributed by atoms with Crippen LogP contribution in [0.15, 0.2) is 30.3 Å². The summed E-state index contributed by atoms with van der Waals surface area (Å²) in [5.41, 5.74) is 11.7. The number of carboxylic acid groups (broad SMARTS) is 1. The number of aryl methyl sites for hydroxylation is 7. The largest absolute Gasteiger partial charge is 0.491 e. The van der Waals surface area contributed by atoms with Crippen LogP contribution in [0, 0.1) is 0 Å². The van der Waals surface area contributed by atoms with Gasteiger partial charge in [-0.3, -0.25) is 9.36 Å². The Morgan fingerprint density at radius 3 is 2.73 bits per heavy atom. The molecule has 0 saturated heterocycles. The number of nitrogens with one attached hydrogen (secondary N) is 2. The number of aromatic nitrogens is 5. The lowest BCUT2D eigenvalue weighted by atomic mass is 9.95. The number of rotatable bonds is 1. The van der Waals surface area contributed by atoms with Crippen molar-refractivity contribution in [1.82, 2.24) is 29.4 Å². The second-order valence-corrected chi connectivity index (χ2v) is 13.8. The summed E-state index contributed by atoms with van der Waals surface area (Å²) < 4.78 is 12.4. The number of nitrogens with zero attached hydrogens (tertiary/aromatic N) is 5. The summed E-state index contributed by atoms with van der Waals surface area (Å²) in [6, 6.07) is 10.6. The van der Waals surface area contributed by atoms with Crippen LogP contribution in [0.4, 0.5) is 5.69 Å². The van der Waals surface area contributed by atoms with Gasteiger partial charge in [0.25, 0.3) is 0 Å². The van der Waals surface area contributed by atoms with Crippen LogP contribution in [0.3, 0.4) is 0 Å². The van der Waals surface area contributed by atoms with Gasteiger partial charge in [-0.25, -0.2) is 4.79 Å². The Balaban J connectivity index is 1.25. The molecule has 0 atom stereocenters. The molecule has 250 valence electrons. The van der Waals surface area contributed by atoms with Gasteiger partial charge in [-0.15, -0.1) is 0 Å². The zero-order chi connectivity index (χ0) is 32.9.